The van der Waals surface area contributed by atoms with Crippen LogP contribution in [0.15, 0.2) is 6.07 Å². The lowest BCUT2D eigenvalue weighted by Crippen LogP contribution is -2.36. The number of aryl methyl sites for hydroxylation is 1. The van der Waals surface area contributed by atoms with Crippen LogP contribution in [0.2, 0.25) is 0 Å². The predicted octanol–water partition coefficient (Wildman–Crippen LogP) is 9.32. The number of benzene rings is 1. The molecule has 1 aliphatic heterocycles. The average Bonchev–Trinajstić information content (AvgIpc) is 2.89. The van der Waals surface area contributed by atoms with Crippen molar-refractivity contribution in [2.75, 3.05) is 13.2 Å². The number of rotatable bonds is 18. The van der Waals surface area contributed by atoms with Crippen molar-refractivity contribution in [1.29, 1.82) is 0 Å². The van der Waals surface area contributed by atoms with Gasteiger partial charge in [-0.25, -0.2) is 0 Å². The summed E-state index contributed by atoms with van der Waals surface area (Å²) in [7, 11) is 0. The Labute approximate surface area is 258 Å². The van der Waals surface area contributed by atoms with Gasteiger partial charge in [0.15, 0.2) is 0 Å². The van der Waals surface area contributed by atoms with Gasteiger partial charge in [-0.1, -0.05) is 87.5 Å². The molecule has 0 saturated carbocycles. The number of hydrogen-bond donors (Lipinski definition) is 1. The minimum absolute atomic E-state index is 0. The Bertz CT molecular complexity index is 939. The summed E-state index contributed by atoms with van der Waals surface area (Å²) >= 11 is 0. The van der Waals surface area contributed by atoms with E-state index in [9.17, 15) is 9.59 Å². The Morgan fingerprint density at radius 2 is 1.48 bits per heavy atom. The van der Waals surface area contributed by atoms with Crippen LogP contribution in [-0.2, 0) is 20.7 Å². The van der Waals surface area contributed by atoms with Gasteiger partial charge < -0.3 is 19.3 Å². The molecular weight excluding hydrogens is 528 g/mol. The lowest BCUT2D eigenvalue weighted by Gasteiger charge is -2.37. The second kappa shape index (κ2) is 20.0. The fourth-order valence-electron chi connectivity index (χ4n) is 5.65. The number of aliphatic hydroxyl groups excluding tert-OH is 1. The van der Waals surface area contributed by atoms with Gasteiger partial charge in [0.2, 0.25) is 0 Å². The molecule has 0 amide bonds. The molecule has 244 valence electrons. The maximum absolute atomic E-state index is 12.4. The highest BCUT2D eigenvalue weighted by atomic mass is 16.5. The first-order valence-corrected chi connectivity index (χ1v) is 15.7. The van der Waals surface area contributed by atoms with Crippen molar-refractivity contribution in [3.05, 3.63) is 22.8 Å². The molecule has 0 fully saturated rings. The zero-order valence-corrected chi connectivity index (χ0v) is 26.4. The highest BCUT2D eigenvalue weighted by molar-refractivity contribution is 5.79. The van der Waals surface area contributed by atoms with Crippen molar-refractivity contribution >= 4 is 11.9 Å². The summed E-state index contributed by atoms with van der Waals surface area (Å²) in [5.41, 5.74) is 2.78. The van der Waals surface area contributed by atoms with E-state index in [0.717, 1.165) is 59.5 Å². The molecule has 1 aliphatic rings. The summed E-state index contributed by atoms with van der Waals surface area (Å²) in [5.74, 6) is 2.88. The molecule has 3 atom stereocenters. The van der Waals surface area contributed by atoms with Crippen molar-refractivity contribution in [3.8, 4) is 11.5 Å². The van der Waals surface area contributed by atoms with E-state index < -0.39 is 11.9 Å². The average molecular weight is 593 g/mol. The highest BCUT2D eigenvalue weighted by Gasteiger charge is 2.33. The van der Waals surface area contributed by atoms with Crippen LogP contribution in [0.25, 0.3) is 0 Å². The minimum Gasteiger partial charge on any atom is -0.487 e. The van der Waals surface area contributed by atoms with E-state index in [1.54, 1.807) is 0 Å². The lowest BCUT2D eigenvalue weighted by atomic mass is 9.85. The minimum atomic E-state index is -0.520. The van der Waals surface area contributed by atoms with Crippen molar-refractivity contribution in [2.45, 2.75) is 152 Å². The number of esters is 2. The van der Waals surface area contributed by atoms with Crippen LogP contribution >= 0.6 is 0 Å². The molecule has 0 spiro atoms. The first-order valence-electron chi connectivity index (χ1n) is 15.7. The first kappa shape index (κ1) is 39.9. The molecule has 0 aliphatic carbocycles. The van der Waals surface area contributed by atoms with Crippen LogP contribution in [0.1, 0.15) is 143 Å². The van der Waals surface area contributed by atoms with Gasteiger partial charge >= 0.3 is 11.9 Å². The predicted molar refractivity (Wildman–Crippen MR) is 174 cm³/mol. The summed E-state index contributed by atoms with van der Waals surface area (Å²) in [4.78, 5) is 24.0. The summed E-state index contributed by atoms with van der Waals surface area (Å²) in [6.07, 6.45) is 13.3. The number of fused-ring (bicyclic) bond motifs is 1. The van der Waals surface area contributed by atoms with E-state index in [0.29, 0.717) is 5.75 Å². The van der Waals surface area contributed by atoms with Gasteiger partial charge in [-0.05, 0) is 87.0 Å². The molecule has 2 rings (SSSR count). The molecule has 6 heteroatoms. The Kier molecular flexibility index (Phi) is 19.0. The van der Waals surface area contributed by atoms with E-state index in [2.05, 4.69) is 34.6 Å². The lowest BCUT2D eigenvalue weighted by molar-refractivity contribution is -0.147. The van der Waals surface area contributed by atoms with Crippen LogP contribution in [0.3, 0.4) is 0 Å². The van der Waals surface area contributed by atoms with Gasteiger partial charge in [-0.3, -0.25) is 9.59 Å². The second-order valence-corrected chi connectivity index (χ2v) is 12.9. The second-order valence-electron chi connectivity index (χ2n) is 12.9. The van der Waals surface area contributed by atoms with Gasteiger partial charge in [0.25, 0.3) is 0 Å². The standard InChI is InChI=1S/C34H56O6.2CH4/c1-24(2)11-8-12-25(3)13-9-14-26(4)15-10-19-34(7)20-18-29-23-30(27(5)28(6)33(29)40-34)39-32(37)17-16-31(36)38-22-21-35;;/h23-26,35H,8-22H2,1-7H3;2*1H4/t25?,26?,34-;;/m1../s1. The van der Waals surface area contributed by atoms with Crippen LogP contribution in [-0.4, -0.2) is 35.9 Å². The smallest absolute Gasteiger partial charge is 0.311 e. The van der Waals surface area contributed by atoms with Crippen molar-refractivity contribution < 1.29 is 28.9 Å². The molecule has 2 unspecified atom stereocenters. The molecular formula is C36H64O6. The topological polar surface area (TPSA) is 82.1 Å². The van der Waals surface area contributed by atoms with E-state index in [1.165, 1.54) is 51.4 Å². The largest absolute Gasteiger partial charge is 0.487 e. The molecule has 0 saturated heterocycles. The third kappa shape index (κ3) is 13.9. The van der Waals surface area contributed by atoms with Gasteiger partial charge in [-0.15, -0.1) is 0 Å². The first-order chi connectivity index (χ1) is 18.9. The quantitative estimate of drug-likeness (QED) is 0.135. The third-order valence-electron chi connectivity index (χ3n) is 8.53. The summed E-state index contributed by atoms with van der Waals surface area (Å²) in [6, 6.07) is 1.92. The Morgan fingerprint density at radius 1 is 0.905 bits per heavy atom. The summed E-state index contributed by atoms with van der Waals surface area (Å²) < 4.78 is 17.0. The van der Waals surface area contributed by atoms with Gasteiger partial charge in [0.1, 0.15) is 23.7 Å². The normalized spacial score (nSPS) is 17.3. The van der Waals surface area contributed by atoms with Gasteiger partial charge in [0, 0.05) is 0 Å². The SMILES string of the molecule is C.C.Cc1c(OC(=O)CCC(=O)OCCO)cc2c(c1C)O[C@](C)(CCCC(C)CCCC(C)CCCC(C)C)CC2. The third-order valence-corrected chi connectivity index (χ3v) is 8.53. The number of ether oxygens (including phenoxy) is 3. The fraction of sp³-hybridized carbons (Fsp3) is 0.778. The monoisotopic (exact) mass is 592 g/mol. The number of carbonyl (C=O) groups is 2. The molecule has 1 aromatic carbocycles. The van der Waals surface area contributed by atoms with Crippen molar-refractivity contribution in [3.63, 3.8) is 0 Å². The van der Waals surface area contributed by atoms with E-state index in [-0.39, 0.29) is 46.5 Å². The molecule has 1 aromatic rings. The maximum atomic E-state index is 12.4. The number of aliphatic hydroxyl groups is 1. The van der Waals surface area contributed by atoms with Crippen molar-refractivity contribution in [2.24, 2.45) is 17.8 Å². The van der Waals surface area contributed by atoms with Crippen LogP contribution < -0.4 is 9.47 Å². The van der Waals surface area contributed by atoms with Crippen LogP contribution in [0, 0.1) is 31.6 Å². The molecule has 1 heterocycles. The zero-order chi connectivity index (χ0) is 29.7. The van der Waals surface area contributed by atoms with Gasteiger partial charge in [-0.2, -0.15) is 0 Å². The Hall–Kier alpha value is -2.08. The Morgan fingerprint density at radius 3 is 2.07 bits per heavy atom. The van der Waals surface area contributed by atoms with E-state index >= 15 is 0 Å². The molecule has 6 nitrogen and oxygen atoms in total. The zero-order valence-electron chi connectivity index (χ0n) is 26.4. The van der Waals surface area contributed by atoms with E-state index in [4.69, 9.17) is 19.3 Å². The highest BCUT2D eigenvalue weighted by Crippen LogP contribution is 2.42. The van der Waals surface area contributed by atoms with E-state index in [1.807, 2.05) is 19.9 Å². The van der Waals surface area contributed by atoms with Crippen LogP contribution in [0.5, 0.6) is 11.5 Å². The molecule has 0 aromatic heterocycles. The Balaban J connectivity index is 0.00000840. The molecule has 1 N–H and O–H groups in total. The molecule has 42 heavy (non-hydrogen) atoms. The maximum Gasteiger partial charge on any atom is 0.311 e. The van der Waals surface area contributed by atoms with Crippen molar-refractivity contribution in [1.82, 2.24) is 0 Å². The number of hydrogen-bond acceptors (Lipinski definition) is 6. The molecule has 0 bridgehead atoms. The fourth-order valence-corrected chi connectivity index (χ4v) is 5.65. The summed E-state index contributed by atoms with van der Waals surface area (Å²) in [5, 5.41) is 8.73. The summed E-state index contributed by atoms with van der Waals surface area (Å²) in [6.45, 7) is 15.3. The van der Waals surface area contributed by atoms with Crippen LogP contribution in [0.4, 0.5) is 0 Å². The number of carbonyl (C=O) groups excluding carboxylic acids is 2. The molecule has 0 radical (unpaired) electrons. The van der Waals surface area contributed by atoms with Gasteiger partial charge in [0.05, 0.1) is 19.4 Å².